The van der Waals surface area contributed by atoms with Gasteiger partial charge in [0, 0.05) is 45.7 Å². The Balaban J connectivity index is 1.50. The lowest BCUT2D eigenvalue weighted by atomic mass is 9.99. The number of hydrogen-bond acceptors (Lipinski definition) is 2. The molecule has 1 aliphatic heterocycles. The molecule has 3 heterocycles. The zero-order valence-corrected chi connectivity index (χ0v) is 14.7. The minimum absolute atomic E-state index is 0.207. The fourth-order valence-corrected chi connectivity index (χ4v) is 4.05. The number of amides is 1. The molecule has 0 spiro atoms. The van der Waals surface area contributed by atoms with Crippen LogP contribution in [0.5, 0.6) is 0 Å². The van der Waals surface area contributed by atoms with Gasteiger partial charge in [-0.05, 0) is 35.6 Å². The second-order valence-corrected chi connectivity index (χ2v) is 7.44. The van der Waals surface area contributed by atoms with E-state index in [4.69, 9.17) is 11.6 Å². The molecule has 0 bridgehead atoms. The third kappa shape index (κ3) is 2.99. The zero-order chi connectivity index (χ0) is 16.5. The average Bonchev–Trinajstić information content (AvgIpc) is 3.24. The summed E-state index contributed by atoms with van der Waals surface area (Å²) in [6.45, 7) is 1.45. The van der Waals surface area contributed by atoms with E-state index in [0.717, 1.165) is 28.4 Å². The van der Waals surface area contributed by atoms with Crippen molar-refractivity contribution in [3.8, 4) is 0 Å². The molecule has 0 saturated heterocycles. The highest BCUT2D eigenvalue weighted by Crippen LogP contribution is 2.30. The second-order valence-electron chi connectivity index (χ2n) is 5.97. The van der Waals surface area contributed by atoms with Crippen LogP contribution in [0.1, 0.15) is 16.9 Å². The smallest absolute Gasteiger partial charge is 0.228 e. The van der Waals surface area contributed by atoms with Gasteiger partial charge in [0.05, 0.1) is 6.42 Å². The molecule has 0 unspecified atom stereocenters. The number of aromatic nitrogens is 1. The number of carbonyl (C=O) groups is 1. The fourth-order valence-electron chi connectivity index (χ4n) is 3.18. The van der Waals surface area contributed by atoms with E-state index in [1.807, 2.05) is 40.7 Å². The van der Waals surface area contributed by atoms with Gasteiger partial charge in [-0.3, -0.25) is 4.79 Å². The number of aromatic amines is 1. The first-order chi connectivity index (χ1) is 11.7. The van der Waals surface area contributed by atoms with Gasteiger partial charge >= 0.3 is 0 Å². The third-order valence-electron chi connectivity index (χ3n) is 4.46. The molecule has 5 heteroatoms. The van der Waals surface area contributed by atoms with Gasteiger partial charge in [0.1, 0.15) is 0 Å². The van der Waals surface area contributed by atoms with Crippen LogP contribution in [-0.2, 0) is 11.2 Å². The van der Waals surface area contributed by atoms with Crippen LogP contribution < -0.4 is 0 Å². The number of H-pyrrole nitrogens is 1. The van der Waals surface area contributed by atoms with Gasteiger partial charge in [0.25, 0.3) is 0 Å². The number of halogens is 1. The predicted molar refractivity (Wildman–Crippen MR) is 101 cm³/mol. The summed E-state index contributed by atoms with van der Waals surface area (Å²) in [6.07, 6.45) is 5.60. The van der Waals surface area contributed by atoms with E-state index in [-0.39, 0.29) is 5.91 Å². The maximum absolute atomic E-state index is 12.4. The Morgan fingerprint density at radius 3 is 3.00 bits per heavy atom. The van der Waals surface area contributed by atoms with Crippen molar-refractivity contribution in [2.24, 2.45) is 0 Å². The topological polar surface area (TPSA) is 36.1 Å². The molecule has 4 rings (SSSR count). The van der Waals surface area contributed by atoms with E-state index in [0.29, 0.717) is 13.0 Å². The van der Waals surface area contributed by atoms with Gasteiger partial charge in [-0.15, -0.1) is 11.3 Å². The van der Waals surface area contributed by atoms with E-state index in [1.54, 1.807) is 11.3 Å². The summed E-state index contributed by atoms with van der Waals surface area (Å²) in [6, 6.07) is 9.93. The van der Waals surface area contributed by atoms with Gasteiger partial charge < -0.3 is 9.88 Å². The number of nitrogens with one attached hydrogen (secondary N) is 1. The van der Waals surface area contributed by atoms with Crippen molar-refractivity contribution in [1.82, 2.24) is 9.88 Å². The lowest BCUT2D eigenvalue weighted by Gasteiger charge is -2.26. The first-order valence-corrected chi connectivity index (χ1v) is 9.22. The van der Waals surface area contributed by atoms with E-state index in [9.17, 15) is 4.79 Å². The summed E-state index contributed by atoms with van der Waals surface area (Å²) in [5, 5.41) is 3.93. The minimum Gasteiger partial charge on any atom is -0.361 e. The van der Waals surface area contributed by atoms with Crippen molar-refractivity contribution in [2.45, 2.75) is 12.8 Å². The molecule has 1 amide bonds. The Kier molecular flexibility index (Phi) is 4.17. The Labute approximate surface area is 149 Å². The van der Waals surface area contributed by atoms with Crippen LogP contribution in [0.4, 0.5) is 0 Å². The minimum atomic E-state index is 0.207. The largest absolute Gasteiger partial charge is 0.361 e. The third-order valence-corrected chi connectivity index (χ3v) is 5.57. The number of thiophene rings is 1. The molecule has 0 atom stereocenters. The lowest BCUT2D eigenvalue weighted by molar-refractivity contribution is -0.130. The Bertz CT molecular complexity index is 911. The highest BCUT2D eigenvalue weighted by molar-refractivity contribution is 7.10. The van der Waals surface area contributed by atoms with Gasteiger partial charge in [0.15, 0.2) is 0 Å². The number of nitrogens with zero attached hydrogens (tertiary/aromatic N) is 1. The van der Waals surface area contributed by atoms with E-state index >= 15 is 0 Å². The quantitative estimate of drug-likeness (QED) is 0.722. The molecule has 0 fully saturated rings. The predicted octanol–water partition coefficient (Wildman–Crippen LogP) is 4.74. The van der Waals surface area contributed by atoms with Crippen LogP contribution in [-0.4, -0.2) is 28.9 Å². The molecule has 2 aromatic heterocycles. The summed E-state index contributed by atoms with van der Waals surface area (Å²) in [7, 11) is 0. The molecule has 24 heavy (non-hydrogen) atoms. The van der Waals surface area contributed by atoms with E-state index in [1.165, 1.54) is 16.5 Å². The van der Waals surface area contributed by atoms with Crippen LogP contribution in [0.3, 0.4) is 0 Å². The molecule has 3 nitrogen and oxygen atoms in total. The summed E-state index contributed by atoms with van der Waals surface area (Å²) < 4.78 is 0. The molecule has 3 aromatic rings. The number of carbonyl (C=O) groups excluding carboxylic acids is 1. The van der Waals surface area contributed by atoms with E-state index in [2.05, 4.69) is 17.1 Å². The van der Waals surface area contributed by atoms with E-state index < -0.39 is 0 Å². The second kappa shape index (κ2) is 6.46. The molecule has 0 aliphatic carbocycles. The molecule has 1 N–H and O–H groups in total. The Hall–Kier alpha value is -2.04. The van der Waals surface area contributed by atoms with Gasteiger partial charge in [-0.1, -0.05) is 29.8 Å². The first kappa shape index (κ1) is 15.5. The van der Waals surface area contributed by atoms with Crippen molar-refractivity contribution in [3.63, 3.8) is 0 Å². The van der Waals surface area contributed by atoms with Gasteiger partial charge in [0.2, 0.25) is 5.91 Å². The summed E-state index contributed by atoms with van der Waals surface area (Å²) in [5.41, 5.74) is 3.56. The monoisotopic (exact) mass is 356 g/mol. The Morgan fingerprint density at radius 2 is 2.25 bits per heavy atom. The van der Waals surface area contributed by atoms with Crippen LogP contribution in [0.2, 0.25) is 5.02 Å². The lowest BCUT2D eigenvalue weighted by Crippen LogP contribution is -2.35. The summed E-state index contributed by atoms with van der Waals surface area (Å²) in [4.78, 5) is 18.7. The van der Waals surface area contributed by atoms with Gasteiger partial charge in [-0.2, -0.15) is 0 Å². The maximum Gasteiger partial charge on any atom is 0.228 e. The van der Waals surface area contributed by atoms with Crippen LogP contribution in [0, 0.1) is 0 Å². The Morgan fingerprint density at radius 1 is 1.33 bits per heavy atom. The average molecular weight is 357 g/mol. The molecule has 122 valence electrons. The maximum atomic E-state index is 12.4. The molecule has 1 aromatic carbocycles. The van der Waals surface area contributed by atoms with Crippen LogP contribution >= 0.6 is 22.9 Å². The molecule has 0 saturated carbocycles. The van der Waals surface area contributed by atoms with Crippen molar-refractivity contribution < 1.29 is 4.79 Å². The molecular weight excluding hydrogens is 340 g/mol. The number of fused-ring (bicyclic) bond motifs is 1. The number of rotatable bonds is 3. The normalized spacial score (nSPS) is 14.9. The standard InChI is InChI=1S/C19H17ClN2OS/c20-14-3-4-16-17(12-21-18(16)10-14)13-5-7-22(8-6-13)19(23)11-15-2-1-9-24-15/h1-5,9-10,12,21H,6-8,11H2. The van der Waals surface area contributed by atoms with Crippen LogP contribution in [0.15, 0.2) is 48.0 Å². The first-order valence-electron chi connectivity index (χ1n) is 7.97. The SMILES string of the molecule is O=C(Cc1cccs1)N1CC=C(c2c[nH]c3cc(Cl)ccc23)CC1. The summed E-state index contributed by atoms with van der Waals surface area (Å²) in [5.74, 6) is 0.207. The number of benzene rings is 1. The number of hydrogen-bond donors (Lipinski definition) is 1. The molecule has 0 radical (unpaired) electrons. The van der Waals surface area contributed by atoms with Crippen LogP contribution in [0.25, 0.3) is 16.5 Å². The van der Waals surface area contributed by atoms with Crippen molar-refractivity contribution in [3.05, 3.63) is 63.4 Å². The highest BCUT2D eigenvalue weighted by Gasteiger charge is 2.19. The van der Waals surface area contributed by atoms with Gasteiger partial charge in [-0.25, -0.2) is 0 Å². The fraction of sp³-hybridized carbons (Fsp3) is 0.211. The zero-order valence-electron chi connectivity index (χ0n) is 13.1. The highest BCUT2D eigenvalue weighted by atomic mass is 35.5. The van der Waals surface area contributed by atoms with Crippen molar-refractivity contribution >= 4 is 45.3 Å². The summed E-state index contributed by atoms with van der Waals surface area (Å²) >= 11 is 7.69. The van der Waals surface area contributed by atoms with Crippen molar-refractivity contribution in [1.29, 1.82) is 0 Å². The molecule has 1 aliphatic rings. The van der Waals surface area contributed by atoms with Crippen molar-refractivity contribution in [2.75, 3.05) is 13.1 Å². The molecular formula is C19H17ClN2OS.